The van der Waals surface area contributed by atoms with Gasteiger partial charge in [-0.2, -0.15) is 0 Å². The molecule has 5 fully saturated rings. The lowest BCUT2D eigenvalue weighted by atomic mass is 9.33. The van der Waals surface area contributed by atoms with Crippen molar-refractivity contribution < 1.29 is 100 Å². The Labute approximate surface area is 449 Å². The van der Waals surface area contributed by atoms with E-state index in [2.05, 4.69) is 26.8 Å². The summed E-state index contributed by atoms with van der Waals surface area (Å²) in [6, 6.07) is 0. The zero-order valence-electron chi connectivity index (χ0n) is 47.1. The number of allylic oxidation sites excluding steroid dienone is 2. The highest BCUT2D eigenvalue weighted by molar-refractivity contribution is 5.84. The number of fused-ring (bicyclic) bond motifs is 7. The summed E-state index contributed by atoms with van der Waals surface area (Å²) in [7, 11) is 0. The molecule has 6 rings (SSSR count). The zero-order valence-corrected chi connectivity index (χ0v) is 47.1. The maximum Gasteiger partial charge on any atom is 0.334 e. The van der Waals surface area contributed by atoms with Crippen molar-refractivity contribution in [1.82, 2.24) is 0 Å². The molecule has 16 atom stereocenters. The van der Waals surface area contributed by atoms with Gasteiger partial charge in [0.05, 0.1) is 11.5 Å². The Morgan fingerprint density at radius 2 is 1.16 bits per heavy atom. The van der Waals surface area contributed by atoms with E-state index in [0.29, 0.717) is 38.5 Å². The van der Waals surface area contributed by atoms with Crippen molar-refractivity contribution in [3.05, 3.63) is 23.5 Å². The van der Waals surface area contributed by atoms with Crippen LogP contribution in [0.1, 0.15) is 155 Å². The largest absolute Gasteiger partial charge is 0.465 e. The molecule has 0 radical (unpaired) electrons. The fraction of sp³-hybridized carbons (Fsp3) is 0.750. The van der Waals surface area contributed by atoms with E-state index in [4.69, 9.17) is 52.1 Å². The van der Waals surface area contributed by atoms with Crippen LogP contribution < -0.4 is 0 Å². The lowest BCUT2D eigenvalue weighted by Crippen LogP contribution is -2.70. The maximum atomic E-state index is 15.9. The molecule has 5 aliphatic carbocycles. The van der Waals surface area contributed by atoms with Crippen LogP contribution >= 0.6 is 0 Å². The highest BCUT2D eigenvalue weighted by atomic mass is 16.7. The molecule has 4 saturated carbocycles. The summed E-state index contributed by atoms with van der Waals surface area (Å²) in [5, 5.41) is 0. The molecule has 0 aromatic heterocycles. The molecule has 21 heteroatoms. The molecule has 428 valence electrons. The predicted molar refractivity (Wildman–Crippen MR) is 265 cm³/mol. The van der Waals surface area contributed by atoms with Crippen molar-refractivity contribution in [1.29, 1.82) is 0 Å². The Morgan fingerprint density at radius 3 is 1.73 bits per heavy atom. The van der Waals surface area contributed by atoms with Crippen LogP contribution in [0.5, 0.6) is 0 Å². The molecular weight excluding hydrogens is 1010 g/mol. The van der Waals surface area contributed by atoms with Gasteiger partial charge in [0.2, 0.25) is 12.4 Å². The second-order valence-electron chi connectivity index (χ2n) is 23.8. The molecule has 21 nitrogen and oxygen atoms in total. The molecular formula is C56H78O21. The van der Waals surface area contributed by atoms with Crippen LogP contribution in [0.4, 0.5) is 0 Å². The summed E-state index contributed by atoms with van der Waals surface area (Å²) in [6.45, 7) is 22.6. The van der Waals surface area contributed by atoms with Gasteiger partial charge < -0.3 is 52.1 Å². The number of carbonyl (C=O) groups excluding carboxylic acids is 10. The molecule has 6 aliphatic rings. The van der Waals surface area contributed by atoms with E-state index in [1.807, 2.05) is 20.8 Å². The molecule has 0 spiro atoms. The van der Waals surface area contributed by atoms with Crippen LogP contribution in [0.25, 0.3) is 0 Å². The van der Waals surface area contributed by atoms with Gasteiger partial charge in [0.1, 0.15) is 43.4 Å². The van der Waals surface area contributed by atoms with Crippen molar-refractivity contribution in [2.24, 2.45) is 50.2 Å². The summed E-state index contributed by atoms with van der Waals surface area (Å²) in [5.74, 6) is -8.64. The second-order valence-corrected chi connectivity index (χ2v) is 23.8. The van der Waals surface area contributed by atoms with E-state index in [-0.39, 0.29) is 37.0 Å². The first kappa shape index (κ1) is 60.4. The molecule has 0 aromatic carbocycles. The Kier molecular flexibility index (Phi) is 17.6. The predicted octanol–water partition coefficient (Wildman–Crippen LogP) is 6.42. The summed E-state index contributed by atoms with van der Waals surface area (Å²) < 4.78 is 64.6. The Bertz CT molecular complexity index is 2460. The molecule has 0 aromatic rings. The first-order valence-corrected chi connectivity index (χ1v) is 26.4. The quantitative estimate of drug-likeness (QED) is 0.0596. The van der Waals surface area contributed by atoms with Gasteiger partial charge in [-0.25, -0.2) is 4.79 Å². The van der Waals surface area contributed by atoms with Crippen LogP contribution in [-0.2, 0) is 100 Å². The van der Waals surface area contributed by atoms with E-state index in [9.17, 15) is 43.2 Å². The Morgan fingerprint density at radius 1 is 0.584 bits per heavy atom. The third-order valence-electron chi connectivity index (χ3n) is 18.1. The molecule has 1 aliphatic heterocycles. The van der Waals surface area contributed by atoms with Crippen LogP contribution in [-0.4, -0.2) is 122 Å². The van der Waals surface area contributed by atoms with E-state index in [1.165, 1.54) is 34.6 Å². The van der Waals surface area contributed by atoms with E-state index in [1.54, 1.807) is 0 Å². The van der Waals surface area contributed by atoms with Gasteiger partial charge in [-0.05, 0) is 86.4 Å². The van der Waals surface area contributed by atoms with Gasteiger partial charge in [0.15, 0.2) is 12.2 Å². The third-order valence-corrected chi connectivity index (χ3v) is 18.1. The molecule has 1 heterocycles. The summed E-state index contributed by atoms with van der Waals surface area (Å²) in [5.41, 5.74) is -4.46. The highest BCUT2D eigenvalue weighted by Gasteiger charge is 2.73. The number of ether oxygens (including phenoxy) is 11. The third kappa shape index (κ3) is 11.8. The van der Waals surface area contributed by atoms with Gasteiger partial charge in [-0.3, -0.25) is 43.2 Å². The normalized spacial score (nSPS) is 37.8. The lowest BCUT2D eigenvalue weighted by Gasteiger charge is -2.72. The average molecular weight is 1090 g/mol. The fourth-order valence-corrected chi connectivity index (χ4v) is 14.9. The summed E-state index contributed by atoms with van der Waals surface area (Å²) >= 11 is 0. The lowest BCUT2D eigenvalue weighted by molar-refractivity contribution is -0.305. The minimum Gasteiger partial charge on any atom is -0.465 e. The van der Waals surface area contributed by atoms with Gasteiger partial charge in [-0.1, -0.05) is 53.2 Å². The minimum absolute atomic E-state index is 0.0210. The van der Waals surface area contributed by atoms with Gasteiger partial charge in [-0.15, -0.1) is 0 Å². The topological polar surface area (TPSA) is 272 Å². The highest BCUT2D eigenvalue weighted by Crippen LogP contribution is 2.76. The van der Waals surface area contributed by atoms with E-state index < -0.39 is 154 Å². The van der Waals surface area contributed by atoms with Gasteiger partial charge in [0, 0.05) is 72.1 Å². The van der Waals surface area contributed by atoms with Crippen LogP contribution in [0, 0.1) is 50.2 Å². The number of hydrogen-bond donors (Lipinski definition) is 0. The van der Waals surface area contributed by atoms with Crippen molar-refractivity contribution in [3.8, 4) is 0 Å². The molecule has 0 N–H and O–H groups in total. The number of carbonyl (C=O) groups is 10. The molecule has 77 heavy (non-hydrogen) atoms. The van der Waals surface area contributed by atoms with Gasteiger partial charge >= 0.3 is 59.7 Å². The zero-order chi connectivity index (χ0) is 57.5. The maximum absolute atomic E-state index is 15.9. The van der Waals surface area contributed by atoms with Crippen molar-refractivity contribution in [2.45, 2.75) is 204 Å². The standard InChI is InChI=1S/C56H78O21/c1-28(69-31(4)59)24-42(65)76-48-43-37-16-17-41-52(12)25-38(70-32(5)60)47(74-36(9)64)53(13,27-68-30(3)58)40(52)18-19-55(41,15)54(37,14)21-23-56(43,22-20-51(48,10)11)50(66)77-49-46(73-35(8)63)45(72-34(7)62)44(71-33(6)61)39(75-49)26-67-29(2)57/h16,24,38-41,43-49H,17-23,25-27H2,1-15H3/b28-24+/t38-,39+,40-,41-,43+,44+,45-,46+,47+,48-,49-,52-,53-,54+,55+,56-/m0/s1. The molecule has 0 amide bonds. The monoisotopic (exact) mass is 1090 g/mol. The Balaban J connectivity index is 1.52. The number of rotatable bonds is 14. The van der Waals surface area contributed by atoms with E-state index in [0.717, 1.165) is 39.3 Å². The van der Waals surface area contributed by atoms with Crippen molar-refractivity contribution in [3.63, 3.8) is 0 Å². The number of hydrogen-bond acceptors (Lipinski definition) is 21. The van der Waals surface area contributed by atoms with Crippen LogP contribution in [0.3, 0.4) is 0 Å². The molecule has 1 saturated heterocycles. The SMILES string of the molecule is CC(=O)OC[C@H]1O[C@@H](OC(=O)[C@]23CCC(C)(C)[C@@H](OC(=O)/C=C(\C)OC(C)=O)[C@H]2C2=CC[C@H]4[C@@]5(C)C[C@H](OC(C)=O)[C@@H](OC(C)=O)[C@@](C)(COC(C)=O)[C@H]5CC[C@@]4(C)[C@]2(C)CC3)[C@H](OC(C)=O)[C@@H](OC(C)=O)[C@@H]1OC(C)=O. The molecule has 0 unspecified atom stereocenters. The first-order valence-electron chi connectivity index (χ1n) is 26.4. The number of esters is 10. The van der Waals surface area contributed by atoms with E-state index >= 15 is 4.79 Å². The minimum atomic E-state index is -1.84. The Hall–Kier alpha value is -5.86. The van der Waals surface area contributed by atoms with Crippen LogP contribution in [0.15, 0.2) is 23.5 Å². The van der Waals surface area contributed by atoms with Crippen LogP contribution in [0.2, 0.25) is 0 Å². The summed E-state index contributed by atoms with van der Waals surface area (Å²) in [6.07, 6.45) is -4.80. The smallest absolute Gasteiger partial charge is 0.334 e. The fourth-order valence-electron chi connectivity index (χ4n) is 14.9. The van der Waals surface area contributed by atoms with Crippen molar-refractivity contribution >= 4 is 59.7 Å². The molecule has 0 bridgehead atoms. The van der Waals surface area contributed by atoms with Gasteiger partial charge in [0.25, 0.3) is 0 Å². The second kappa shape index (κ2) is 22.5. The van der Waals surface area contributed by atoms with Crippen molar-refractivity contribution in [2.75, 3.05) is 13.2 Å². The summed E-state index contributed by atoms with van der Waals surface area (Å²) in [4.78, 5) is 130. The average Bonchev–Trinajstić information content (AvgIpc) is 3.28. The first-order chi connectivity index (χ1) is 35.6.